The van der Waals surface area contributed by atoms with E-state index in [0.717, 1.165) is 12.8 Å². The van der Waals surface area contributed by atoms with E-state index in [1.165, 1.54) is 44.9 Å². The van der Waals surface area contributed by atoms with Gasteiger partial charge >= 0.3 is 0 Å². The van der Waals surface area contributed by atoms with Crippen LogP contribution in [0.25, 0.3) is 0 Å². The molecule has 2 radical (unpaired) electrons. The summed E-state index contributed by atoms with van der Waals surface area (Å²) in [5, 5.41) is 0. The Balaban J connectivity index is 2.95. The fourth-order valence-corrected chi connectivity index (χ4v) is 1.29. The molecule has 0 aliphatic rings. The maximum absolute atomic E-state index is 3.83. The third-order valence-corrected chi connectivity index (χ3v) is 2.16. The molecule has 0 nitrogen and oxygen atoms in total. The van der Waals surface area contributed by atoms with Gasteiger partial charge in [0.25, 0.3) is 0 Å². The molecular formula is C13H24. The molecular weight excluding hydrogens is 156 g/mol. The lowest BCUT2D eigenvalue weighted by atomic mass is 10.1. The van der Waals surface area contributed by atoms with Gasteiger partial charge < -0.3 is 0 Å². The quantitative estimate of drug-likeness (QED) is 0.356. The van der Waals surface area contributed by atoms with Gasteiger partial charge in [-0.15, -0.1) is 0 Å². The Kier molecular flexibility index (Phi) is 11.5. The molecule has 0 amide bonds. The maximum atomic E-state index is 3.83. The van der Waals surface area contributed by atoms with Crippen molar-refractivity contribution in [3.63, 3.8) is 0 Å². The van der Waals surface area contributed by atoms with Crippen LogP contribution in [0, 0.1) is 13.8 Å². The lowest BCUT2D eigenvalue weighted by molar-refractivity contribution is 0.692. The molecule has 76 valence electrons. The van der Waals surface area contributed by atoms with Gasteiger partial charge in [-0.1, -0.05) is 58.1 Å². The van der Waals surface area contributed by atoms with Gasteiger partial charge in [-0.2, -0.15) is 0 Å². The van der Waals surface area contributed by atoms with E-state index in [2.05, 4.69) is 26.0 Å². The first-order valence-corrected chi connectivity index (χ1v) is 5.65. The zero-order valence-electron chi connectivity index (χ0n) is 8.93. The van der Waals surface area contributed by atoms with Crippen molar-refractivity contribution in [1.29, 1.82) is 0 Å². The number of rotatable bonds is 9. The van der Waals surface area contributed by atoms with Crippen LogP contribution in [0.1, 0.15) is 57.8 Å². The summed E-state index contributed by atoms with van der Waals surface area (Å²) in [7, 11) is 0. The molecule has 0 bridgehead atoms. The summed E-state index contributed by atoms with van der Waals surface area (Å²) in [6.45, 7) is 7.65. The van der Waals surface area contributed by atoms with E-state index >= 15 is 0 Å². The van der Waals surface area contributed by atoms with E-state index in [-0.39, 0.29) is 0 Å². The summed E-state index contributed by atoms with van der Waals surface area (Å²) >= 11 is 0. The minimum atomic E-state index is 1.08. The maximum Gasteiger partial charge on any atom is -0.0351 e. The number of hydrogen-bond donors (Lipinski definition) is 0. The molecule has 0 rings (SSSR count). The Morgan fingerprint density at radius 1 is 0.615 bits per heavy atom. The Labute approximate surface area is 84.4 Å². The predicted molar refractivity (Wildman–Crippen MR) is 61.4 cm³/mol. The van der Waals surface area contributed by atoms with Gasteiger partial charge in [0, 0.05) is 0 Å². The first-order chi connectivity index (χ1) is 6.41. The van der Waals surface area contributed by atoms with E-state index in [0.29, 0.717) is 0 Å². The topological polar surface area (TPSA) is 0 Å². The standard InChI is InChI=1S/C13H24/c1-3-5-7-9-11-13-12-10-8-6-4-2/h11,13H,1-10,12H2/b13-11+. The van der Waals surface area contributed by atoms with Crippen LogP contribution in [0.3, 0.4) is 0 Å². The van der Waals surface area contributed by atoms with E-state index in [1.807, 2.05) is 0 Å². The SMILES string of the molecule is [CH2]CCCC/C=C/CCCCC[CH2]. The largest absolute Gasteiger partial charge is 0.0885 e. The first-order valence-electron chi connectivity index (χ1n) is 5.65. The summed E-state index contributed by atoms with van der Waals surface area (Å²) in [5.74, 6) is 0. The molecule has 0 heterocycles. The Bertz CT molecular complexity index is 103. The van der Waals surface area contributed by atoms with E-state index in [1.54, 1.807) is 0 Å². The number of allylic oxidation sites excluding steroid dienone is 2. The summed E-state index contributed by atoms with van der Waals surface area (Å²) in [6.07, 6.45) is 15.8. The van der Waals surface area contributed by atoms with Crippen molar-refractivity contribution in [2.24, 2.45) is 0 Å². The summed E-state index contributed by atoms with van der Waals surface area (Å²) < 4.78 is 0. The van der Waals surface area contributed by atoms with Crippen molar-refractivity contribution in [2.75, 3.05) is 0 Å². The van der Waals surface area contributed by atoms with Crippen molar-refractivity contribution in [1.82, 2.24) is 0 Å². The van der Waals surface area contributed by atoms with Crippen LogP contribution < -0.4 is 0 Å². The van der Waals surface area contributed by atoms with Crippen LogP contribution in [0.5, 0.6) is 0 Å². The van der Waals surface area contributed by atoms with E-state index in [4.69, 9.17) is 0 Å². The minimum absolute atomic E-state index is 1.08. The van der Waals surface area contributed by atoms with E-state index in [9.17, 15) is 0 Å². The van der Waals surface area contributed by atoms with Crippen LogP contribution in [-0.4, -0.2) is 0 Å². The summed E-state index contributed by atoms with van der Waals surface area (Å²) in [4.78, 5) is 0. The van der Waals surface area contributed by atoms with Crippen molar-refractivity contribution >= 4 is 0 Å². The monoisotopic (exact) mass is 180 g/mol. The van der Waals surface area contributed by atoms with Crippen molar-refractivity contribution in [3.8, 4) is 0 Å². The molecule has 0 unspecified atom stereocenters. The van der Waals surface area contributed by atoms with Gasteiger partial charge in [0.1, 0.15) is 0 Å². The average Bonchev–Trinajstić information content (AvgIpc) is 2.16. The minimum Gasteiger partial charge on any atom is -0.0885 e. The Hall–Kier alpha value is -0.260. The summed E-state index contributed by atoms with van der Waals surface area (Å²) in [5.41, 5.74) is 0. The van der Waals surface area contributed by atoms with Gasteiger partial charge in [-0.05, 0) is 25.7 Å². The predicted octanol–water partition coefficient (Wildman–Crippen LogP) is 4.72. The second-order valence-corrected chi connectivity index (χ2v) is 3.52. The number of unbranched alkanes of at least 4 members (excludes halogenated alkanes) is 7. The fourth-order valence-electron chi connectivity index (χ4n) is 1.29. The second-order valence-electron chi connectivity index (χ2n) is 3.52. The fraction of sp³-hybridized carbons (Fsp3) is 0.692. The molecule has 0 saturated heterocycles. The molecule has 0 aromatic carbocycles. The van der Waals surface area contributed by atoms with Crippen LogP contribution in [0.4, 0.5) is 0 Å². The normalized spacial score (nSPS) is 11.2. The molecule has 0 atom stereocenters. The molecule has 0 aliphatic heterocycles. The third kappa shape index (κ3) is 11.7. The smallest absolute Gasteiger partial charge is 0.0351 e. The third-order valence-electron chi connectivity index (χ3n) is 2.16. The molecule has 0 spiro atoms. The van der Waals surface area contributed by atoms with E-state index < -0.39 is 0 Å². The molecule has 0 aromatic rings. The zero-order chi connectivity index (χ0) is 9.78. The summed E-state index contributed by atoms with van der Waals surface area (Å²) in [6, 6.07) is 0. The molecule has 13 heavy (non-hydrogen) atoms. The van der Waals surface area contributed by atoms with Crippen molar-refractivity contribution in [2.45, 2.75) is 57.8 Å². The Morgan fingerprint density at radius 2 is 1.08 bits per heavy atom. The highest BCUT2D eigenvalue weighted by Gasteiger charge is 1.84. The molecule has 0 aliphatic carbocycles. The molecule has 0 aromatic heterocycles. The van der Waals surface area contributed by atoms with Crippen LogP contribution in [0.2, 0.25) is 0 Å². The highest BCUT2D eigenvalue weighted by atomic mass is 13.9. The molecule has 0 heteroatoms. The molecule has 0 fully saturated rings. The molecule has 0 saturated carbocycles. The van der Waals surface area contributed by atoms with Gasteiger partial charge in [-0.3, -0.25) is 0 Å². The lowest BCUT2D eigenvalue weighted by Gasteiger charge is -1.94. The first kappa shape index (κ1) is 12.7. The van der Waals surface area contributed by atoms with Crippen LogP contribution in [0.15, 0.2) is 12.2 Å². The molecule has 0 N–H and O–H groups in total. The average molecular weight is 180 g/mol. The van der Waals surface area contributed by atoms with Gasteiger partial charge in [0.2, 0.25) is 0 Å². The highest BCUT2D eigenvalue weighted by Crippen LogP contribution is 2.04. The van der Waals surface area contributed by atoms with Crippen LogP contribution in [-0.2, 0) is 0 Å². The van der Waals surface area contributed by atoms with Gasteiger partial charge in [0.05, 0.1) is 0 Å². The van der Waals surface area contributed by atoms with Gasteiger partial charge in [-0.25, -0.2) is 0 Å². The van der Waals surface area contributed by atoms with Gasteiger partial charge in [0.15, 0.2) is 0 Å². The van der Waals surface area contributed by atoms with Crippen molar-refractivity contribution < 1.29 is 0 Å². The highest BCUT2D eigenvalue weighted by molar-refractivity contribution is 4.81. The second kappa shape index (κ2) is 11.7. The number of hydrogen-bond acceptors (Lipinski definition) is 0. The lowest BCUT2D eigenvalue weighted by Crippen LogP contribution is -1.74. The van der Waals surface area contributed by atoms with Crippen LogP contribution >= 0.6 is 0 Å². The van der Waals surface area contributed by atoms with Crippen molar-refractivity contribution in [3.05, 3.63) is 26.0 Å². The Morgan fingerprint density at radius 3 is 1.62 bits per heavy atom. The zero-order valence-corrected chi connectivity index (χ0v) is 8.93.